The van der Waals surface area contributed by atoms with E-state index in [4.69, 9.17) is 4.74 Å². The Bertz CT molecular complexity index is 1090. The van der Waals surface area contributed by atoms with Gasteiger partial charge in [-0.25, -0.2) is 8.78 Å². The molecule has 2 aliphatic heterocycles. The van der Waals surface area contributed by atoms with Gasteiger partial charge in [0.25, 0.3) is 5.91 Å². The van der Waals surface area contributed by atoms with E-state index in [2.05, 4.69) is 6.92 Å². The standard InChI is InChI=1S/C27H31F2N3O3/c1-19-10-12-27(13-11-19)32(25(33)20-6-2-3-7-21(20)28)24(18-35-27)26(34)31-16-14-30(15-17-31)23-9-5-4-8-22(23)29/h2-9,19,24H,10-18H2,1H3. The first-order chi connectivity index (χ1) is 16.9. The van der Waals surface area contributed by atoms with Gasteiger partial charge in [0.15, 0.2) is 0 Å². The quantitative estimate of drug-likeness (QED) is 0.661. The summed E-state index contributed by atoms with van der Waals surface area (Å²) in [5.74, 6) is -1.08. The van der Waals surface area contributed by atoms with Crippen LogP contribution in [0.3, 0.4) is 0 Å². The minimum absolute atomic E-state index is 0.0434. The first-order valence-electron chi connectivity index (χ1n) is 12.4. The number of hydrogen-bond donors (Lipinski definition) is 0. The highest BCUT2D eigenvalue weighted by Gasteiger charge is 2.54. The molecule has 1 saturated carbocycles. The molecule has 2 aromatic rings. The molecule has 3 fully saturated rings. The predicted octanol–water partition coefficient (Wildman–Crippen LogP) is 4.06. The van der Waals surface area contributed by atoms with Gasteiger partial charge in [0.1, 0.15) is 23.4 Å². The summed E-state index contributed by atoms with van der Waals surface area (Å²) in [6, 6.07) is 11.7. The molecule has 0 bridgehead atoms. The van der Waals surface area contributed by atoms with Crippen molar-refractivity contribution in [2.45, 2.75) is 44.4 Å². The normalized spacial score (nSPS) is 26.9. The molecule has 3 aliphatic rings. The third-order valence-electron chi connectivity index (χ3n) is 7.71. The Morgan fingerprint density at radius 2 is 1.54 bits per heavy atom. The molecule has 186 valence electrons. The molecule has 2 aromatic carbocycles. The Hall–Kier alpha value is -3.00. The molecule has 1 aliphatic carbocycles. The van der Waals surface area contributed by atoms with Crippen molar-refractivity contribution in [1.82, 2.24) is 9.80 Å². The molecule has 1 atom stereocenters. The predicted molar refractivity (Wildman–Crippen MR) is 128 cm³/mol. The second kappa shape index (κ2) is 9.57. The number of carbonyl (C=O) groups is 2. The molecule has 1 unspecified atom stereocenters. The summed E-state index contributed by atoms with van der Waals surface area (Å²) >= 11 is 0. The Kier molecular flexibility index (Phi) is 6.49. The highest BCUT2D eigenvalue weighted by atomic mass is 19.1. The summed E-state index contributed by atoms with van der Waals surface area (Å²) in [6.07, 6.45) is 3.00. The van der Waals surface area contributed by atoms with Crippen LogP contribution in [0.4, 0.5) is 14.5 Å². The number of ether oxygens (including phenoxy) is 1. The van der Waals surface area contributed by atoms with Crippen LogP contribution in [0.1, 0.15) is 43.0 Å². The Morgan fingerprint density at radius 3 is 2.20 bits per heavy atom. The molecule has 2 amide bonds. The molecule has 0 radical (unpaired) electrons. The van der Waals surface area contributed by atoms with Crippen LogP contribution in [0, 0.1) is 17.6 Å². The van der Waals surface area contributed by atoms with Crippen LogP contribution in [0.5, 0.6) is 0 Å². The van der Waals surface area contributed by atoms with Crippen LogP contribution in [0.15, 0.2) is 48.5 Å². The van der Waals surface area contributed by atoms with Crippen molar-refractivity contribution >= 4 is 17.5 Å². The monoisotopic (exact) mass is 483 g/mol. The van der Waals surface area contributed by atoms with Crippen molar-refractivity contribution in [2.75, 3.05) is 37.7 Å². The van der Waals surface area contributed by atoms with Gasteiger partial charge in [0, 0.05) is 26.2 Å². The number of rotatable bonds is 3. The smallest absolute Gasteiger partial charge is 0.259 e. The maximum atomic E-state index is 14.6. The molecule has 0 N–H and O–H groups in total. The van der Waals surface area contributed by atoms with Crippen LogP contribution in [-0.2, 0) is 9.53 Å². The number of benzene rings is 2. The van der Waals surface area contributed by atoms with E-state index >= 15 is 0 Å². The van der Waals surface area contributed by atoms with Gasteiger partial charge in [0.05, 0.1) is 17.9 Å². The van der Waals surface area contributed by atoms with Gasteiger partial charge in [-0.05, 0) is 55.9 Å². The maximum absolute atomic E-state index is 14.6. The van der Waals surface area contributed by atoms with Crippen LogP contribution in [0.2, 0.25) is 0 Å². The third kappa shape index (κ3) is 4.40. The molecular weight excluding hydrogens is 452 g/mol. The molecule has 8 heteroatoms. The fraction of sp³-hybridized carbons (Fsp3) is 0.481. The molecular formula is C27H31F2N3O3. The van der Waals surface area contributed by atoms with E-state index in [0.29, 0.717) is 50.6 Å². The molecule has 2 saturated heterocycles. The van der Waals surface area contributed by atoms with Gasteiger partial charge in [-0.3, -0.25) is 14.5 Å². The second-order valence-corrected chi connectivity index (χ2v) is 9.87. The summed E-state index contributed by atoms with van der Waals surface area (Å²) < 4.78 is 35.1. The number of amides is 2. The van der Waals surface area contributed by atoms with Crippen molar-refractivity contribution in [3.63, 3.8) is 0 Å². The van der Waals surface area contributed by atoms with Crippen LogP contribution in [0.25, 0.3) is 0 Å². The van der Waals surface area contributed by atoms with Gasteiger partial charge >= 0.3 is 0 Å². The van der Waals surface area contributed by atoms with Crippen LogP contribution >= 0.6 is 0 Å². The van der Waals surface area contributed by atoms with E-state index in [9.17, 15) is 18.4 Å². The highest BCUT2D eigenvalue weighted by Crippen LogP contribution is 2.43. The van der Waals surface area contributed by atoms with Crippen LogP contribution in [-0.4, -0.2) is 66.2 Å². The summed E-state index contributed by atoms with van der Waals surface area (Å²) in [7, 11) is 0. The fourth-order valence-electron chi connectivity index (χ4n) is 5.62. The first-order valence-corrected chi connectivity index (χ1v) is 12.4. The zero-order valence-corrected chi connectivity index (χ0v) is 20.0. The highest BCUT2D eigenvalue weighted by molar-refractivity contribution is 5.98. The zero-order chi connectivity index (χ0) is 24.6. The van der Waals surface area contributed by atoms with E-state index in [-0.39, 0.29) is 23.9 Å². The minimum Gasteiger partial charge on any atom is -0.366 e. The molecule has 0 aromatic heterocycles. The Morgan fingerprint density at radius 1 is 0.914 bits per heavy atom. The Balaban J connectivity index is 1.37. The summed E-state index contributed by atoms with van der Waals surface area (Å²) in [5.41, 5.74) is -0.408. The lowest BCUT2D eigenvalue weighted by atomic mass is 9.83. The number of carbonyl (C=O) groups excluding carboxylic acids is 2. The molecule has 2 heterocycles. The van der Waals surface area contributed by atoms with E-state index < -0.39 is 23.5 Å². The van der Waals surface area contributed by atoms with Gasteiger partial charge in [-0.15, -0.1) is 0 Å². The van der Waals surface area contributed by atoms with Gasteiger partial charge in [-0.2, -0.15) is 0 Å². The SMILES string of the molecule is CC1CCC2(CC1)OCC(C(=O)N1CCN(c3ccccc3F)CC1)N2C(=O)c1ccccc1F. The average Bonchev–Trinajstić information content (AvgIpc) is 3.24. The minimum atomic E-state index is -0.888. The van der Waals surface area contributed by atoms with E-state index in [1.54, 1.807) is 35.2 Å². The molecule has 5 rings (SSSR count). The van der Waals surface area contributed by atoms with Gasteiger partial charge in [0.2, 0.25) is 5.91 Å². The molecule has 6 nitrogen and oxygen atoms in total. The van der Waals surface area contributed by atoms with Gasteiger partial charge in [-0.1, -0.05) is 31.2 Å². The summed E-state index contributed by atoms with van der Waals surface area (Å²) in [4.78, 5) is 32.6. The first kappa shape index (κ1) is 23.7. The van der Waals surface area contributed by atoms with E-state index in [1.807, 2.05) is 4.90 Å². The molecule has 1 spiro atoms. The number of anilines is 1. The topological polar surface area (TPSA) is 53.1 Å². The zero-order valence-electron chi connectivity index (χ0n) is 20.0. The number of para-hydroxylation sites is 1. The largest absolute Gasteiger partial charge is 0.366 e. The van der Waals surface area contributed by atoms with Crippen molar-refractivity contribution in [3.05, 3.63) is 65.7 Å². The van der Waals surface area contributed by atoms with E-state index in [1.165, 1.54) is 23.1 Å². The number of halogens is 2. The van der Waals surface area contributed by atoms with Crippen molar-refractivity contribution in [2.24, 2.45) is 5.92 Å². The molecule has 35 heavy (non-hydrogen) atoms. The second-order valence-electron chi connectivity index (χ2n) is 9.87. The summed E-state index contributed by atoms with van der Waals surface area (Å²) in [6.45, 7) is 4.07. The summed E-state index contributed by atoms with van der Waals surface area (Å²) in [5, 5.41) is 0. The lowest BCUT2D eigenvalue weighted by Gasteiger charge is -2.44. The lowest BCUT2D eigenvalue weighted by molar-refractivity contribution is -0.138. The fourth-order valence-corrected chi connectivity index (χ4v) is 5.62. The van der Waals surface area contributed by atoms with E-state index in [0.717, 1.165) is 12.8 Å². The average molecular weight is 484 g/mol. The van der Waals surface area contributed by atoms with Crippen molar-refractivity contribution in [1.29, 1.82) is 0 Å². The van der Waals surface area contributed by atoms with Crippen LogP contribution < -0.4 is 4.90 Å². The van der Waals surface area contributed by atoms with Crippen molar-refractivity contribution < 1.29 is 23.1 Å². The lowest BCUT2D eigenvalue weighted by Crippen LogP contribution is -2.59. The number of nitrogens with zero attached hydrogens (tertiary/aromatic N) is 3. The van der Waals surface area contributed by atoms with Crippen molar-refractivity contribution in [3.8, 4) is 0 Å². The Labute approximate surface area is 204 Å². The number of hydrogen-bond acceptors (Lipinski definition) is 4. The van der Waals surface area contributed by atoms with Gasteiger partial charge < -0.3 is 14.5 Å². The third-order valence-corrected chi connectivity index (χ3v) is 7.71. The number of piperazine rings is 1. The maximum Gasteiger partial charge on any atom is 0.259 e.